The van der Waals surface area contributed by atoms with E-state index in [9.17, 15) is 4.79 Å². The molecule has 7 heteroatoms. The zero-order chi connectivity index (χ0) is 16.4. The predicted octanol–water partition coefficient (Wildman–Crippen LogP) is 4.57. The number of esters is 1. The molecule has 118 valence electrons. The third-order valence-electron chi connectivity index (χ3n) is 3.30. The molecule has 0 atom stereocenters. The third kappa shape index (κ3) is 3.13. The van der Waals surface area contributed by atoms with Crippen LogP contribution in [0.3, 0.4) is 0 Å². The molecule has 2 heterocycles. The number of aryl methyl sites for hydroxylation is 1. The Hall–Kier alpha value is -2.18. The minimum absolute atomic E-state index is 0.130. The molecule has 1 N–H and O–H groups in total. The van der Waals surface area contributed by atoms with Crippen LogP contribution in [0.5, 0.6) is 0 Å². The Labute approximate surface area is 142 Å². The summed E-state index contributed by atoms with van der Waals surface area (Å²) in [7, 11) is 0. The summed E-state index contributed by atoms with van der Waals surface area (Å²) in [6.07, 6.45) is 0. The summed E-state index contributed by atoms with van der Waals surface area (Å²) in [4.78, 5) is 21.2. The van der Waals surface area contributed by atoms with E-state index in [1.165, 1.54) is 11.3 Å². The van der Waals surface area contributed by atoms with Crippen molar-refractivity contribution >= 4 is 50.6 Å². The van der Waals surface area contributed by atoms with E-state index in [0.717, 1.165) is 11.3 Å². The lowest BCUT2D eigenvalue weighted by Gasteiger charge is -2.10. The molecule has 1 aromatic carbocycles. The van der Waals surface area contributed by atoms with Crippen molar-refractivity contribution in [3.05, 3.63) is 46.1 Å². The van der Waals surface area contributed by atoms with Crippen LogP contribution in [-0.2, 0) is 4.74 Å². The van der Waals surface area contributed by atoms with Crippen molar-refractivity contribution in [1.29, 1.82) is 0 Å². The quantitative estimate of drug-likeness (QED) is 0.553. The number of nitrogens with one attached hydrogen (secondary N) is 1. The number of fused-ring (bicyclic) bond motifs is 1. The predicted molar refractivity (Wildman–Crippen MR) is 92.8 cm³/mol. The van der Waals surface area contributed by atoms with E-state index in [2.05, 4.69) is 15.3 Å². The van der Waals surface area contributed by atoms with Gasteiger partial charge in [-0.15, -0.1) is 11.3 Å². The zero-order valence-corrected chi connectivity index (χ0v) is 14.2. The molecular formula is C16H14ClN3O2S. The average Bonchev–Trinajstić information content (AvgIpc) is 2.93. The number of nitrogens with zero attached hydrogens (tertiary/aromatic N) is 2. The fourth-order valence-electron chi connectivity index (χ4n) is 2.21. The maximum Gasteiger partial charge on any atom is 0.339 e. The fourth-order valence-corrected chi connectivity index (χ4v) is 3.33. The highest BCUT2D eigenvalue weighted by molar-refractivity contribution is 7.17. The second-order valence-corrected chi connectivity index (χ2v) is 6.03. The summed E-state index contributed by atoms with van der Waals surface area (Å²) in [6.45, 7) is 4.07. The van der Waals surface area contributed by atoms with E-state index in [1.54, 1.807) is 12.3 Å². The van der Waals surface area contributed by atoms with E-state index >= 15 is 0 Å². The topological polar surface area (TPSA) is 64.1 Å². The molecule has 0 spiro atoms. The number of anilines is 2. The first-order chi connectivity index (χ1) is 11.1. The zero-order valence-electron chi connectivity index (χ0n) is 12.6. The molecule has 0 bridgehead atoms. The van der Waals surface area contributed by atoms with E-state index in [0.29, 0.717) is 28.2 Å². The van der Waals surface area contributed by atoms with Gasteiger partial charge in [0.05, 0.1) is 17.6 Å². The highest BCUT2D eigenvalue weighted by atomic mass is 35.5. The van der Waals surface area contributed by atoms with E-state index < -0.39 is 5.97 Å². The Morgan fingerprint density at radius 2 is 2.13 bits per heavy atom. The number of ether oxygens (including phenoxy) is 1. The molecule has 0 aliphatic carbocycles. The van der Waals surface area contributed by atoms with Gasteiger partial charge >= 0.3 is 5.97 Å². The molecule has 23 heavy (non-hydrogen) atoms. The van der Waals surface area contributed by atoms with Gasteiger partial charge in [0.25, 0.3) is 0 Å². The van der Waals surface area contributed by atoms with Crippen molar-refractivity contribution in [2.45, 2.75) is 13.8 Å². The normalized spacial score (nSPS) is 10.7. The van der Waals surface area contributed by atoms with E-state index in [1.807, 2.05) is 31.2 Å². The number of benzene rings is 1. The standard InChI is InChI=1S/C16H14ClN3O2S/c1-3-22-15(21)10-8-23-14-12(10)13(19-16(17)20-14)18-11-7-5-4-6-9(11)2/h4-8H,3H2,1-2H3,(H,18,19,20). The van der Waals surface area contributed by atoms with Crippen molar-refractivity contribution in [1.82, 2.24) is 9.97 Å². The third-order valence-corrected chi connectivity index (χ3v) is 4.34. The first-order valence-corrected chi connectivity index (χ1v) is 8.30. The Bertz CT molecular complexity index is 879. The average molecular weight is 348 g/mol. The van der Waals surface area contributed by atoms with Crippen LogP contribution in [0.15, 0.2) is 29.6 Å². The molecule has 0 aliphatic heterocycles. The van der Waals surface area contributed by atoms with Gasteiger partial charge in [-0.3, -0.25) is 0 Å². The van der Waals surface area contributed by atoms with Crippen LogP contribution in [0.1, 0.15) is 22.8 Å². The van der Waals surface area contributed by atoms with Gasteiger partial charge in [0.15, 0.2) is 0 Å². The number of carbonyl (C=O) groups is 1. The second kappa shape index (κ2) is 6.52. The molecule has 5 nitrogen and oxygen atoms in total. The first kappa shape index (κ1) is 15.7. The molecule has 2 aromatic heterocycles. The number of halogens is 1. The summed E-state index contributed by atoms with van der Waals surface area (Å²) in [6, 6.07) is 7.81. The molecule has 0 saturated heterocycles. The molecule has 0 saturated carbocycles. The SMILES string of the molecule is CCOC(=O)c1csc2nc(Cl)nc(Nc3ccccc3C)c12. The van der Waals surface area contributed by atoms with Gasteiger partial charge < -0.3 is 10.1 Å². The highest BCUT2D eigenvalue weighted by Gasteiger charge is 2.19. The van der Waals surface area contributed by atoms with Gasteiger partial charge in [-0.2, -0.15) is 4.98 Å². The summed E-state index contributed by atoms with van der Waals surface area (Å²) >= 11 is 7.34. The van der Waals surface area contributed by atoms with Crippen molar-refractivity contribution in [2.24, 2.45) is 0 Å². The maximum absolute atomic E-state index is 12.1. The van der Waals surface area contributed by atoms with Crippen LogP contribution >= 0.6 is 22.9 Å². The lowest BCUT2D eigenvalue weighted by Crippen LogP contribution is -2.05. The maximum atomic E-state index is 12.1. The number of hydrogen-bond donors (Lipinski definition) is 1. The van der Waals surface area contributed by atoms with Crippen LogP contribution in [-0.4, -0.2) is 22.5 Å². The first-order valence-electron chi connectivity index (χ1n) is 7.04. The summed E-state index contributed by atoms with van der Waals surface area (Å²) < 4.78 is 5.10. The van der Waals surface area contributed by atoms with Gasteiger partial charge in [0, 0.05) is 11.1 Å². The van der Waals surface area contributed by atoms with Crippen LogP contribution in [0.4, 0.5) is 11.5 Å². The molecular weight excluding hydrogens is 334 g/mol. The Morgan fingerprint density at radius 1 is 1.35 bits per heavy atom. The molecule has 3 rings (SSSR count). The number of thiophene rings is 1. The number of para-hydroxylation sites is 1. The lowest BCUT2D eigenvalue weighted by molar-refractivity contribution is 0.0529. The molecule has 0 unspecified atom stereocenters. The monoisotopic (exact) mass is 347 g/mol. The molecule has 0 aliphatic rings. The second-order valence-electron chi connectivity index (χ2n) is 4.83. The van der Waals surface area contributed by atoms with Crippen LogP contribution in [0.2, 0.25) is 5.28 Å². The molecule has 0 fully saturated rings. The van der Waals surface area contributed by atoms with Gasteiger partial charge in [0.1, 0.15) is 10.6 Å². The van der Waals surface area contributed by atoms with Crippen molar-refractivity contribution in [2.75, 3.05) is 11.9 Å². The lowest BCUT2D eigenvalue weighted by atomic mass is 10.2. The molecule has 3 aromatic rings. The summed E-state index contributed by atoms with van der Waals surface area (Å²) in [5, 5.41) is 5.72. The number of hydrogen-bond acceptors (Lipinski definition) is 6. The number of rotatable bonds is 4. The molecule has 0 amide bonds. The minimum Gasteiger partial charge on any atom is -0.462 e. The van der Waals surface area contributed by atoms with Crippen molar-refractivity contribution in [3.63, 3.8) is 0 Å². The molecule has 0 radical (unpaired) electrons. The smallest absolute Gasteiger partial charge is 0.339 e. The van der Waals surface area contributed by atoms with Crippen LogP contribution in [0.25, 0.3) is 10.2 Å². The van der Waals surface area contributed by atoms with Crippen LogP contribution < -0.4 is 5.32 Å². The largest absolute Gasteiger partial charge is 0.462 e. The van der Waals surface area contributed by atoms with Gasteiger partial charge in [0.2, 0.25) is 5.28 Å². The van der Waals surface area contributed by atoms with Crippen molar-refractivity contribution < 1.29 is 9.53 Å². The van der Waals surface area contributed by atoms with E-state index in [-0.39, 0.29) is 5.28 Å². The number of aromatic nitrogens is 2. The van der Waals surface area contributed by atoms with E-state index in [4.69, 9.17) is 16.3 Å². The Balaban J connectivity index is 2.13. The summed E-state index contributed by atoms with van der Waals surface area (Å²) in [5.74, 6) is 0.108. The number of carbonyl (C=O) groups excluding carboxylic acids is 1. The summed E-state index contributed by atoms with van der Waals surface area (Å²) in [5.41, 5.74) is 2.40. The van der Waals surface area contributed by atoms with Crippen LogP contribution in [0, 0.1) is 6.92 Å². The van der Waals surface area contributed by atoms with Gasteiger partial charge in [-0.1, -0.05) is 18.2 Å². The Kier molecular flexibility index (Phi) is 4.45. The minimum atomic E-state index is -0.391. The van der Waals surface area contributed by atoms with Gasteiger partial charge in [-0.05, 0) is 37.1 Å². The Morgan fingerprint density at radius 3 is 2.87 bits per heavy atom. The van der Waals surface area contributed by atoms with Gasteiger partial charge in [-0.25, -0.2) is 9.78 Å². The highest BCUT2D eigenvalue weighted by Crippen LogP contribution is 2.33. The fraction of sp³-hybridized carbons (Fsp3) is 0.188. The van der Waals surface area contributed by atoms with Crippen molar-refractivity contribution in [3.8, 4) is 0 Å².